The highest BCUT2D eigenvalue weighted by Crippen LogP contribution is 2.44. The second-order valence-corrected chi connectivity index (χ2v) is 7.86. The molecule has 0 aliphatic carbocycles. The van der Waals surface area contributed by atoms with Gasteiger partial charge in [-0.15, -0.1) is 0 Å². The lowest BCUT2D eigenvalue weighted by Gasteiger charge is -2.45. The summed E-state index contributed by atoms with van der Waals surface area (Å²) < 4.78 is 0. The van der Waals surface area contributed by atoms with Gasteiger partial charge in [0.15, 0.2) is 0 Å². The maximum absolute atomic E-state index is 13.6. The molecule has 3 aromatic carbocycles. The zero-order valence-electron chi connectivity index (χ0n) is 17.6. The summed E-state index contributed by atoms with van der Waals surface area (Å²) in [5.74, 6) is 0.0151. The summed E-state index contributed by atoms with van der Waals surface area (Å²) in [4.78, 5) is 25.9. The van der Waals surface area contributed by atoms with Crippen molar-refractivity contribution in [2.24, 2.45) is 5.92 Å². The average Bonchev–Trinajstić information content (AvgIpc) is 2.80. The summed E-state index contributed by atoms with van der Waals surface area (Å²) in [6.07, 6.45) is 0.793. The first-order valence-electron chi connectivity index (χ1n) is 10.5. The van der Waals surface area contributed by atoms with Crippen molar-refractivity contribution in [2.75, 3.05) is 10.2 Å². The SMILES string of the molecule is CC[C@H]1[C@H](C)[C@H](Nc2ccccc2)c2ccccc2N1C(=O)c1ccc([N+](=O)[O-])cc1. The molecule has 6 heteroatoms. The molecule has 0 spiro atoms. The Morgan fingerprint density at radius 3 is 2.29 bits per heavy atom. The number of fused-ring (bicyclic) bond motifs is 1. The Bertz CT molecular complexity index is 1080. The maximum atomic E-state index is 13.6. The van der Waals surface area contributed by atoms with Crippen LogP contribution < -0.4 is 10.2 Å². The first-order valence-corrected chi connectivity index (χ1v) is 10.5. The van der Waals surface area contributed by atoms with Gasteiger partial charge in [0.2, 0.25) is 0 Å². The summed E-state index contributed by atoms with van der Waals surface area (Å²) in [5.41, 5.74) is 3.41. The van der Waals surface area contributed by atoms with E-state index in [1.165, 1.54) is 24.3 Å². The molecule has 1 N–H and O–H groups in total. The molecule has 0 aromatic heterocycles. The van der Waals surface area contributed by atoms with Crippen molar-refractivity contribution >= 4 is 23.0 Å². The van der Waals surface area contributed by atoms with E-state index < -0.39 is 4.92 Å². The van der Waals surface area contributed by atoms with Crippen LogP contribution in [0.3, 0.4) is 0 Å². The van der Waals surface area contributed by atoms with Gasteiger partial charge in [0, 0.05) is 41.0 Å². The summed E-state index contributed by atoms with van der Waals surface area (Å²) in [6, 6.07) is 23.9. The molecule has 0 saturated heterocycles. The Morgan fingerprint density at radius 1 is 1.00 bits per heavy atom. The Morgan fingerprint density at radius 2 is 1.65 bits per heavy atom. The van der Waals surface area contributed by atoms with Crippen LogP contribution in [0.15, 0.2) is 78.9 Å². The minimum Gasteiger partial charge on any atom is -0.378 e. The quantitative estimate of drug-likeness (QED) is 0.421. The minimum absolute atomic E-state index is 0.0150. The summed E-state index contributed by atoms with van der Waals surface area (Å²) >= 11 is 0. The number of nitro benzene ring substituents is 1. The van der Waals surface area contributed by atoms with Gasteiger partial charge in [-0.05, 0) is 42.3 Å². The Balaban J connectivity index is 1.74. The molecule has 3 atom stereocenters. The lowest BCUT2D eigenvalue weighted by atomic mass is 9.80. The van der Waals surface area contributed by atoms with Gasteiger partial charge in [-0.25, -0.2) is 0 Å². The highest BCUT2D eigenvalue weighted by molar-refractivity contribution is 6.07. The number of hydrogen-bond donors (Lipinski definition) is 1. The fraction of sp³-hybridized carbons (Fsp3) is 0.240. The second kappa shape index (κ2) is 8.60. The molecular weight excluding hydrogens is 390 g/mol. The smallest absolute Gasteiger partial charge is 0.269 e. The van der Waals surface area contributed by atoms with Crippen LogP contribution in [0.2, 0.25) is 0 Å². The van der Waals surface area contributed by atoms with Crippen LogP contribution in [0.25, 0.3) is 0 Å². The molecule has 1 amide bonds. The Hall–Kier alpha value is -3.67. The second-order valence-electron chi connectivity index (χ2n) is 7.86. The molecule has 1 aliphatic rings. The number of para-hydroxylation sites is 2. The van der Waals surface area contributed by atoms with Crippen molar-refractivity contribution < 1.29 is 9.72 Å². The van der Waals surface area contributed by atoms with Crippen molar-refractivity contribution in [1.82, 2.24) is 0 Å². The van der Waals surface area contributed by atoms with Crippen LogP contribution in [-0.2, 0) is 0 Å². The number of nitro groups is 1. The molecule has 0 bridgehead atoms. The fourth-order valence-electron chi connectivity index (χ4n) is 4.49. The van der Waals surface area contributed by atoms with Gasteiger partial charge in [-0.3, -0.25) is 14.9 Å². The summed E-state index contributed by atoms with van der Waals surface area (Å²) in [5, 5.41) is 14.6. The van der Waals surface area contributed by atoms with Gasteiger partial charge >= 0.3 is 0 Å². The highest BCUT2D eigenvalue weighted by Gasteiger charge is 2.40. The predicted molar refractivity (Wildman–Crippen MR) is 122 cm³/mol. The third-order valence-corrected chi connectivity index (χ3v) is 6.05. The van der Waals surface area contributed by atoms with Gasteiger partial charge in [-0.1, -0.05) is 50.2 Å². The van der Waals surface area contributed by atoms with Gasteiger partial charge in [0.1, 0.15) is 0 Å². The van der Waals surface area contributed by atoms with Crippen molar-refractivity contribution in [3.8, 4) is 0 Å². The zero-order chi connectivity index (χ0) is 22.0. The molecule has 1 heterocycles. The monoisotopic (exact) mass is 415 g/mol. The van der Waals surface area contributed by atoms with Crippen molar-refractivity contribution in [3.63, 3.8) is 0 Å². The number of nitrogens with one attached hydrogen (secondary N) is 1. The van der Waals surface area contributed by atoms with Crippen LogP contribution in [0.1, 0.15) is 42.2 Å². The lowest BCUT2D eigenvalue weighted by Crippen LogP contribution is -2.50. The number of hydrogen-bond acceptors (Lipinski definition) is 4. The van der Waals surface area contributed by atoms with Gasteiger partial charge < -0.3 is 10.2 Å². The third kappa shape index (κ3) is 3.89. The number of rotatable bonds is 5. The van der Waals surface area contributed by atoms with E-state index in [9.17, 15) is 14.9 Å². The normalized spacial score (nSPS) is 20.1. The molecule has 0 fully saturated rings. The first kappa shape index (κ1) is 20.6. The van der Waals surface area contributed by atoms with E-state index in [1.807, 2.05) is 53.4 Å². The Labute approximate surface area is 181 Å². The van der Waals surface area contributed by atoms with E-state index in [2.05, 4.69) is 25.2 Å². The number of carbonyl (C=O) groups excluding carboxylic acids is 1. The minimum atomic E-state index is -0.457. The van der Waals surface area contributed by atoms with Crippen molar-refractivity contribution in [1.29, 1.82) is 0 Å². The van der Waals surface area contributed by atoms with E-state index in [0.717, 1.165) is 23.4 Å². The zero-order valence-corrected chi connectivity index (χ0v) is 17.6. The van der Waals surface area contributed by atoms with Crippen LogP contribution in [0.4, 0.5) is 17.1 Å². The van der Waals surface area contributed by atoms with Gasteiger partial charge in [-0.2, -0.15) is 0 Å². The highest BCUT2D eigenvalue weighted by atomic mass is 16.6. The molecule has 31 heavy (non-hydrogen) atoms. The number of benzene rings is 3. The average molecular weight is 415 g/mol. The number of anilines is 2. The molecule has 0 saturated carbocycles. The molecule has 0 radical (unpaired) electrons. The number of amides is 1. The molecule has 0 unspecified atom stereocenters. The molecule has 1 aliphatic heterocycles. The first-order chi connectivity index (χ1) is 15.0. The van der Waals surface area contributed by atoms with Crippen molar-refractivity contribution in [2.45, 2.75) is 32.4 Å². The molecular formula is C25H25N3O3. The van der Waals surface area contributed by atoms with Gasteiger partial charge in [0.25, 0.3) is 11.6 Å². The predicted octanol–water partition coefficient (Wildman–Crippen LogP) is 5.82. The topological polar surface area (TPSA) is 75.5 Å². The van der Waals surface area contributed by atoms with Crippen molar-refractivity contribution in [3.05, 3.63) is 100 Å². The van der Waals surface area contributed by atoms with Crippen LogP contribution >= 0.6 is 0 Å². The van der Waals surface area contributed by atoms with E-state index in [-0.39, 0.29) is 29.6 Å². The summed E-state index contributed by atoms with van der Waals surface area (Å²) in [7, 11) is 0. The number of carbonyl (C=O) groups is 1. The molecule has 3 aromatic rings. The fourth-order valence-corrected chi connectivity index (χ4v) is 4.49. The molecule has 4 rings (SSSR count). The van der Waals surface area contributed by atoms with E-state index in [4.69, 9.17) is 0 Å². The summed E-state index contributed by atoms with van der Waals surface area (Å²) in [6.45, 7) is 4.26. The number of nitrogens with zero attached hydrogens (tertiary/aromatic N) is 2. The Kier molecular flexibility index (Phi) is 5.71. The standard InChI is InChI=1S/C25H25N3O3/c1-3-22-17(2)24(26-19-9-5-4-6-10-19)21-11-7-8-12-23(21)27(22)25(29)18-13-15-20(16-14-18)28(30)31/h4-17,22,24,26H,3H2,1-2H3/t17-,22-,24-/m0/s1. The largest absolute Gasteiger partial charge is 0.378 e. The van der Waals surface area contributed by atoms with E-state index >= 15 is 0 Å². The van der Waals surface area contributed by atoms with E-state index in [0.29, 0.717) is 5.56 Å². The third-order valence-electron chi connectivity index (χ3n) is 6.05. The van der Waals surface area contributed by atoms with Crippen LogP contribution in [-0.4, -0.2) is 16.9 Å². The maximum Gasteiger partial charge on any atom is 0.269 e. The number of non-ortho nitro benzene ring substituents is 1. The molecule has 6 nitrogen and oxygen atoms in total. The molecule has 158 valence electrons. The van der Waals surface area contributed by atoms with Crippen LogP contribution in [0, 0.1) is 16.0 Å². The lowest BCUT2D eigenvalue weighted by molar-refractivity contribution is -0.384. The van der Waals surface area contributed by atoms with Crippen LogP contribution in [0.5, 0.6) is 0 Å². The van der Waals surface area contributed by atoms with Gasteiger partial charge in [0.05, 0.1) is 11.0 Å². The van der Waals surface area contributed by atoms with E-state index in [1.54, 1.807) is 0 Å².